The minimum Gasteiger partial charge on any atom is -0.369 e. The second kappa shape index (κ2) is 5.62. The summed E-state index contributed by atoms with van der Waals surface area (Å²) in [6.07, 6.45) is 5.10. The van der Waals surface area contributed by atoms with Crippen LogP contribution >= 0.6 is 0 Å². The fraction of sp³-hybridized carbons (Fsp3) is 0.0833. The molecule has 1 aromatic carbocycles. The molecule has 6 heteroatoms. The summed E-state index contributed by atoms with van der Waals surface area (Å²) in [6.45, 7) is 0.726. The van der Waals surface area contributed by atoms with Crippen LogP contribution in [-0.4, -0.2) is 21.7 Å². The molecular weight excluding hydrogens is 228 g/mol. The smallest absolute Gasteiger partial charge is 0.211 e. The van der Waals surface area contributed by atoms with E-state index in [1.165, 1.54) is 11.8 Å². The molecule has 0 aliphatic rings. The van der Waals surface area contributed by atoms with Gasteiger partial charge < -0.3 is 16.0 Å². The van der Waals surface area contributed by atoms with E-state index < -0.39 is 0 Å². The summed E-state index contributed by atoms with van der Waals surface area (Å²) in [5.74, 6) is 0.622. The van der Waals surface area contributed by atoms with Crippen LogP contribution in [-0.2, 0) is 6.54 Å². The summed E-state index contributed by atoms with van der Waals surface area (Å²) in [5, 5.41) is 7.28. The SMILES string of the molecule is NC(N)=N/N=C/c1nccn1Cc1ccccc1. The molecule has 92 valence electrons. The van der Waals surface area contributed by atoms with Crippen molar-refractivity contribution in [3.8, 4) is 0 Å². The molecule has 6 nitrogen and oxygen atoms in total. The Morgan fingerprint density at radius 1 is 1.28 bits per heavy atom. The Hall–Kier alpha value is -2.63. The summed E-state index contributed by atoms with van der Waals surface area (Å²) < 4.78 is 1.96. The highest BCUT2D eigenvalue weighted by Crippen LogP contribution is 2.04. The van der Waals surface area contributed by atoms with Gasteiger partial charge in [0, 0.05) is 18.9 Å². The summed E-state index contributed by atoms with van der Waals surface area (Å²) >= 11 is 0. The van der Waals surface area contributed by atoms with Gasteiger partial charge >= 0.3 is 0 Å². The average molecular weight is 242 g/mol. The van der Waals surface area contributed by atoms with Gasteiger partial charge in [0.15, 0.2) is 5.82 Å². The van der Waals surface area contributed by atoms with Crippen molar-refractivity contribution in [3.05, 3.63) is 54.1 Å². The van der Waals surface area contributed by atoms with Crippen molar-refractivity contribution in [2.45, 2.75) is 6.54 Å². The number of rotatable bonds is 4. The van der Waals surface area contributed by atoms with Crippen LogP contribution in [0.25, 0.3) is 0 Å². The first-order valence-electron chi connectivity index (χ1n) is 5.43. The predicted octanol–water partition coefficient (Wildman–Crippen LogP) is 0.539. The van der Waals surface area contributed by atoms with E-state index in [2.05, 4.69) is 27.3 Å². The van der Waals surface area contributed by atoms with Crippen LogP contribution < -0.4 is 11.5 Å². The van der Waals surface area contributed by atoms with Gasteiger partial charge in [0.05, 0.1) is 6.21 Å². The van der Waals surface area contributed by atoms with Crippen LogP contribution in [0.2, 0.25) is 0 Å². The molecule has 0 unspecified atom stereocenters. The number of nitrogens with two attached hydrogens (primary N) is 2. The van der Waals surface area contributed by atoms with E-state index >= 15 is 0 Å². The Bertz CT molecular complexity index is 551. The number of benzene rings is 1. The van der Waals surface area contributed by atoms with Gasteiger partial charge in [-0.25, -0.2) is 4.98 Å². The third-order valence-electron chi connectivity index (χ3n) is 2.29. The lowest BCUT2D eigenvalue weighted by Gasteiger charge is -2.04. The molecule has 0 saturated heterocycles. The molecule has 0 aliphatic heterocycles. The van der Waals surface area contributed by atoms with Crippen LogP contribution in [0.15, 0.2) is 52.9 Å². The van der Waals surface area contributed by atoms with Crippen molar-refractivity contribution in [1.29, 1.82) is 0 Å². The van der Waals surface area contributed by atoms with Crippen molar-refractivity contribution in [2.24, 2.45) is 21.7 Å². The quantitative estimate of drug-likeness (QED) is 0.465. The Labute approximate surface area is 105 Å². The van der Waals surface area contributed by atoms with Crippen LogP contribution in [0.1, 0.15) is 11.4 Å². The third kappa shape index (κ3) is 3.18. The van der Waals surface area contributed by atoms with Crippen molar-refractivity contribution in [3.63, 3.8) is 0 Å². The van der Waals surface area contributed by atoms with E-state index in [0.29, 0.717) is 5.82 Å². The summed E-state index contributed by atoms with van der Waals surface area (Å²) in [7, 11) is 0. The van der Waals surface area contributed by atoms with Gasteiger partial charge in [0.1, 0.15) is 0 Å². The molecule has 0 bridgehead atoms. The predicted molar refractivity (Wildman–Crippen MR) is 71.2 cm³/mol. The molecule has 4 N–H and O–H groups in total. The van der Waals surface area contributed by atoms with E-state index in [9.17, 15) is 0 Å². The summed E-state index contributed by atoms with van der Waals surface area (Å²) in [4.78, 5) is 4.17. The molecule has 0 radical (unpaired) electrons. The lowest BCUT2D eigenvalue weighted by Crippen LogP contribution is -2.21. The molecule has 0 fully saturated rings. The minimum absolute atomic E-state index is 0.0765. The summed E-state index contributed by atoms with van der Waals surface area (Å²) in [6, 6.07) is 10.1. The van der Waals surface area contributed by atoms with E-state index in [1.807, 2.05) is 29.0 Å². The largest absolute Gasteiger partial charge is 0.369 e. The zero-order chi connectivity index (χ0) is 12.8. The van der Waals surface area contributed by atoms with Gasteiger partial charge in [0.2, 0.25) is 5.96 Å². The normalized spacial score (nSPS) is 10.7. The fourth-order valence-electron chi connectivity index (χ4n) is 1.51. The highest BCUT2D eigenvalue weighted by molar-refractivity contribution is 5.78. The molecule has 2 rings (SSSR count). The molecule has 0 saturated carbocycles. The second-order valence-electron chi connectivity index (χ2n) is 3.67. The summed E-state index contributed by atoms with van der Waals surface area (Å²) in [5.41, 5.74) is 11.5. The number of imidazole rings is 1. The maximum Gasteiger partial charge on any atom is 0.211 e. The lowest BCUT2D eigenvalue weighted by atomic mass is 10.2. The molecule has 0 amide bonds. The van der Waals surface area contributed by atoms with Crippen LogP contribution in [0.3, 0.4) is 0 Å². The minimum atomic E-state index is -0.0765. The zero-order valence-electron chi connectivity index (χ0n) is 9.77. The lowest BCUT2D eigenvalue weighted by molar-refractivity contribution is 0.789. The molecule has 0 atom stereocenters. The molecular formula is C12H14N6. The van der Waals surface area contributed by atoms with Crippen LogP contribution in [0, 0.1) is 0 Å². The van der Waals surface area contributed by atoms with Gasteiger partial charge in [-0.15, -0.1) is 5.10 Å². The first kappa shape index (κ1) is 11.8. The van der Waals surface area contributed by atoms with E-state index in [4.69, 9.17) is 11.5 Å². The maximum atomic E-state index is 5.18. The fourth-order valence-corrected chi connectivity index (χ4v) is 1.51. The molecule has 0 spiro atoms. The monoisotopic (exact) mass is 242 g/mol. The first-order chi connectivity index (χ1) is 8.75. The maximum absolute atomic E-state index is 5.18. The topological polar surface area (TPSA) is 94.6 Å². The Morgan fingerprint density at radius 3 is 2.78 bits per heavy atom. The number of hydrogen-bond acceptors (Lipinski definition) is 3. The number of aromatic nitrogens is 2. The van der Waals surface area contributed by atoms with Crippen molar-refractivity contribution in [1.82, 2.24) is 9.55 Å². The molecule has 18 heavy (non-hydrogen) atoms. The number of guanidine groups is 1. The van der Waals surface area contributed by atoms with E-state index in [1.54, 1.807) is 6.20 Å². The second-order valence-corrected chi connectivity index (χ2v) is 3.67. The van der Waals surface area contributed by atoms with E-state index in [-0.39, 0.29) is 5.96 Å². The van der Waals surface area contributed by atoms with Crippen molar-refractivity contribution in [2.75, 3.05) is 0 Å². The van der Waals surface area contributed by atoms with Gasteiger partial charge in [-0.1, -0.05) is 30.3 Å². The third-order valence-corrected chi connectivity index (χ3v) is 2.29. The standard InChI is InChI=1S/C12H14N6/c13-12(14)17-16-8-11-15-6-7-18(11)9-10-4-2-1-3-5-10/h1-8H,9H2,(H4,13,14,17)/b16-8+. The highest BCUT2D eigenvalue weighted by atomic mass is 15.3. The molecule has 1 aromatic heterocycles. The molecule has 1 heterocycles. The van der Waals surface area contributed by atoms with Crippen LogP contribution in [0.5, 0.6) is 0 Å². The van der Waals surface area contributed by atoms with Gasteiger partial charge in [-0.2, -0.15) is 5.10 Å². The van der Waals surface area contributed by atoms with Gasteiger partial charge in [-0.05, 0) is 5.56 Å². The van der Waals surface area contributed by atoms with Crippen molar-refractivity contribution >= 4 is 12.2 Å². The molecule has 2 aromatic rings. The van der Waals surface area contributed by atoms with Gasteiger partial charge in [-0.3, -0.25) is 0 Å². The number of hydrogen-bond donors (Lipinski definition) is 2. The molecule has 0 aliphatic carbocycles. The highest BCUT2D eigenvalue weighted by Gasteiger charge is 2.00. The van der Waals surface area contributed by atoms with Crippen molar-refractivity contribution < 1.29 is 0 Å². The Morgan fingerprint density at radius 2 is 2.06 bits per heavy atom. The average Bonchev–Trinajstić information content (AvgIpc) is 2.78. The zero-order valence-corrected chi connectivity index (χ0v) is 9.77. The Kier molecular flexibility index (Phi) is 3.70. The first-order valence-corrected chi connectivity index (χ1v) is 5.43. The van der Waals surface area contributed by atoms with Crippen LogP contribution in [0.4, 0.5) is 0 Å². The van der Waals surface area contributed by atoms with E-state index in [0.717, 1.165) is 6.54 Å². The number of nitrogens with zero attached hydrogens (tertiary/aromatic N) is 4. The Balaban J connectivity index is 2.13. The van der Waals surface area contributed by atoms with Gasteiger partial charge in [0.25, 0.3) is 0 Å².